The lowest BCUT2D eigenvalue weighted by Crippen LogP contribution is -2.29. The summed E-state index contributed by atoms with van der Waals surface area (Å²) in [5.74, 6) is 1.01. The minimum atomic E-state index is -0.951. The van der Waals surface area contributed by atoms with Crippen molar-refractivity contribution in [2.45, 2.75) is 25.9 Å². The van der Waals surface area contributed by atoms with Gasteiger partial charge in [-0.2, -0.15) is 0 Å². The molecule has 2 aliphatic rings. The van der Waals surface area contributed by atoms with Gasteiger partial charge in [-0.05, 0) is 25.3 Å². The predicted octanol–water partition coefficient (Wildman–Crippen LogP) is 2.07. The van der Waals surface area contributed by atoms with Crippen LogP contribution in [0, 0.1) is 17.0 Å². The van der Waals surface area contributed by atoms with Crippen LogP contribution in [-0.2, 0) is 4.74 Å². The van der Waals surface area contributed by atoms with Crippen molar-refractivity contribution in [3.8, 4) is 0 Å². The number of nitrogens with zero attached hydrogens (tertiary/aromatic N) is 4. The maximum atomic E-state index is 13.5. The van der Waals surface area contributed by atoms with Crippen molar-refractivity contribution in [2.75, 3.05) is 49.2 Å². The van der Waals surface area contributed by atoms with E-state index in [1.54, 1.807) is 11.0 Å². The molecule has 8 heteroatoms. The Bertz CT molecular complexity index is 590. The molecular weight excluding hydrogens is 303 g/mol. The van der Waals surface area contributed by atoms with Crippen LogP contribution in [0.5, 0.6) is 0 Å². The van der Waals surface area contributed by atoms with Crippen LogP contribution < -0.4 is 9.80 Å². The van der Waals surface area contributed by atoms with Gasteiger partial charge in [-0.1, -0.05) is 0 Å². The van der Waals surface area contributed by atoms with E-state index in [2.05, 4.69) is 9.88 Å². The first-order valence-corrected chi connectivity index (χ1v) is 7.94. The third-order valence-corrected chi connectivity index (χ3v) is 4.30. The molecule has 1 unspecified atom stereocenters. The summed E-state index contributed by atoms with van der Waals surface area (Å²) in [5.41, 5.74) is 0.713. The fraction of sp³-hybridized carbons (Fsp3) is 0.667. The normalized spacial score (nSPS) is 22.3. The van der Waals surface area contributed by atoms with Crippen molar-refractivity contribution in [2.24, 2.45) is 0 Å². The van der Waals surface area contributed by atoms with Gasteiger partial charge >= 0.3 is 5.69 Å². The quantitative estimate of drug-likeness (QED) is 0.626. The highest BCUT2D eigenvalue weighted by molar-refractivity contribution is 5.66. The molecule has 7 nitrogen and oxygen atoms in total. The minimum Gasteiger partial charge on any atom is -0.380 e. The lowest BCUT2D eigenvalue weighted by Gasteiger charge is -2.25. The Kier molecular flexibility index (Phi) is 4.61. The average Bonchev–Trinajstić information content (AvgIpc) is 2.78. The highest BCUT2D eigenvalue weighted by Crippen LogP contribution is 2.34. The second kappa shape index (κ2) is 6.66. The monoisotopic (exact) mass is 324 g/mol. The summed E-state index contributed by atoms with van der Waals surface area (Å²) in [7, 11) is 0. The standard InChI is InChI=1S/C15H21FN4O3/c1-11-9-13(20(21)22)15(19-5-3-12(16)10-19)17-14(11)18-4-2-7-23-8-6-18/h9,12H,2-8,10H2,1H3. The zero-order valence-electron chi connectivity index (χ0n) is 13.2. The topological polar surface area (TPSA) is 71.7 Å². The van der Waals surface area contributed by atoms with Gasteiger partial charge in [-0.25, -0.2) is 9.37 Å². The zero-order chi connectivity index (χ0) is 16.4. The SMILES string of the molecule is Cc1cc([N+](=O)[O-])c(N2CCC(F)C2)nc1N1CCCOCC1. The Morgan fingerprint density at radius 3 is 2.83 bits per heavy atom. The molecule has 0 radical (unpaired) electrons. The number of nitro groups is 1. The Labute approximate surface area is 134 Å². The Hall–Kier alpha value is -1.96. The summed E-state index contributed by atoms with van der Waals surface area (Å²) < 4.78 is 19.0. The van der Waals surface area contributed by atoms with E-state index in [4.69, 9.17) is 4.74 Å². The van der Waals surface area contributed by atoms with Crippen molar-refractivity contribution in [3.05, 3.63) is 21.7 Å². The van der Waals surface area contributed by atoms with Crippen LogP contribution in [-0.4, -0.2) is 55.5 Å². The summed E-state index contributed by atoms with van der Waals surface area (Å²) in [5, 5.41) is 11.4. The molecule has 3 heterocycles. The Morgan fingerprint density at radius 2 is 2.13 bits per heavy atom. The second-order valence-electron chi connectivity index (χ2n) is 6.01. The molecular formula is C15H21FN4O3. The van der Waals surface area contributed by atoms with Crippen molar-refractivity contribution in [1.29, 1.82) is 0 Å². The van der Waals surface area contributed by atoms with Crippen molar-refractivity contribution in [1.82, 2.24) is 4.98 Å². The first-order chi connectivity index (χ1) is 11.1. The van der Waals surface area contributed by atoms with Crippen molar-refractivity contribution >= 4 is 17.3 Å². The molecule has 0 saturated carbocycles. The molecule has 2 aliphatic heterocycles. The van der Waals surface area contributed by atoms with Gasteiger partial charge < -0.3 is 14.5 Å². The van der Waals surface area contributed by atoms with E-state index in [1.165, 1.54) is 0 Å². The number of ether oxygens (including phenoxy) is 1. The van der Waals surface area contributed by atoms with Gasteiger partial charge in [0.05, 0.1) is 18.1 Å². The summed E-state index contributed by atoms with van der Waals surface area (Å²) >= 11 is 0. The van der Waals surface area contributed by atoms with E-state index >= 15 is 0 Å². The van der Waals surface area contributed by atoms with Crippen LogP contribution in [0.3, 0.4) is 0 Å². The predicted molar refractivity (Wildman–Crippen MR) is 85.0 cm³/mol. The van der Waals surface area contributed by atoms with Gasteiger partial charge in [0.1, 0.15) is 12.0 Å². The molecule has 2 fully saturated rings. The molecule has 1 aromatic heterocycles. The Morgan fingerprint density at radius 1 is 1.30 bits per heavy atom. The van der Waals surface area contributed by atoms with E-state index in [1.807, 2.05) is 6.92 Å². The smallest absolute Gasteiger partial charge is 0.312 e. The summed E-state index contributed by atoms with van der Waals surface area (Å²) in [6, 6.07) is 1.55. The van der Waals surface area contributed by atoms with E-state index < -0.39 is 11.1 Å². The van der Waals surface area contributed by atoms with E-state index in [-0.39, 0.29) is 18.1 Å². The van der Waals surface area contributed by atoms with Gasteiger partial charge in [-0.3, -0.25) is 10.1 Å². The zero-order valence-corrected chi connectivity index (χ0v) is 13.2. The van der Waals surface area contributed by atoms with Crippen LogP contribution in [0.15, 0.2) is 6.07 Å². The highest BCUT2D eigenvalue weighted by atomic mass is 19.1. The molecule has 23 heavy (non-hydrogen) atoms. The molecule has 0 N–H and O–H groups in total. The summed E-state index contributed by atoms with van der Waals surface area (Å²) in [6.45, 7) is 5.29. The number of halogens is 1. The number of hydrogen-bond donors (Lipinski definition) is 0. The molecule has 0 spiro atoms. The van der Waals surface area contributed by atoms with Crippen LogP contribution in [0.25, 0.3) is 0 Å². The fourth-order valence-corrected chi connectivity index (χ4v) is 3.13. The third-order valence-electron chi connectivity index (χ3n) is 4.30. The molecule has 1 atom stereocenters. The molecule has 0 aromatic carbocycles. The number of aromatic nitrogens is 1. The van der Waals surface area contributed by atoms with E-state index in [9.17, 15) is 14.5 Å². The summed E-state index contributed by atoms with van der Waals surface area (Å²) in [6.07, 6.45) is 0.330. The average molecular weight is 324 g/mol. The van der Waals surface area contributed by atoms with Gasteiger partial charge in [0.2, 0.25) is 5.82 Å². The van der Waals surface area contributed by atoms with Gasteiger partial charge in [0.15, 0.2) is 0 Å². The minimum absolute atomic E-state index is 0.0496. The van der Waals surface area contributed by atoms with E-state index in [0.29, 0.717) is 32.7 Å². The largest absolute Gasteiger partial charge is 0.380 e. The number of anilines is 2. The fourth-order valence-electron chi connectivity index (χ4n) is 3.13. The molecule has 2 saturated heterocycles. The van der Waals surface area contributed by atoms with Crippen LogP contribution >= 0.6 is 0 Å². The number of aryl methyl sites for hydroxylation is 1. The van der Waals surface area contributed by atoms with Gasteiger partial charge in [0, 0.05) is 32.3 Å². The van der Waals surface area contributed by atoms with Crippen LogP contribution in [0.4, 0.5) is 21.7 Å². The molecule has 126 valence electrons. The second-order valence-corrected chi connectivity index (χ2v) is 6.01. The van der Waals surface area contributed by atoms with Crippen LogP contribution in [0.1, 0.15) is 18.4 Å². The van der Waals surface area contributed by atoms with Gasteiger partial charge in [0.25, 0.3) is 0 Å². The molecule has 1 aromatic rings. The molecule has 0 aliphatic carbocycles. The summed E-state index contributed by atoms with van der Waals surface area (Å²) in [4.78, 5) is 19.3. The first kappa shape index (κ1) is 15.9. The number of alkyl halides is 1. The lowest BCUT2D eigenvalue weighted by molar-refractivity contribution is -0.384. The highest BCUT2D eigenvalue weighted by Gasteiger charge is 2.30. The Balaban J connectivity index is 1.98. The molecule has 0 amide bonds. The third kappa shape index (κ3) is 3.36. The first-order valence-electron chi connectivity index (χ1n) is 7.94. The number of pyridine rings is 1. The number of rotatable bonds is 3. The van der Waals surface area contributed by atoms with E-state index in [0.717, 1.165) is 24.3 Å². The maximum Gasteiger partial charge on any atom is 0.312 e. The number of hydrogen-bond acceptors (Lipinski definition) is 6. The maximum absolute atomic E-state index is 13.5. The van der Waals surface area contributed by atoms with Gasteiger partial charge in [-0.15, -0.1) is 0 Å². The molecule has 0 bridgehead atoms. The van der Waals surface area contributed by atoms with Crippen molar-refractivity contribution < 1.29 is 14.1 Å². The molecule has 3 rings (SSSR count). The van der Waals surface area contributed by atoms with Crippen LogP contribution in [0.2, 0.25) is 0 Å². The van der Waals surface area contributed by atoms with Crippen molar-refractivity contribution in [3.63, 3.8) is 0 Å². The lowest BCUT2D eigenvalue weighted by atomic mass is 10.2.